The molecular weight excluding hydrogens is 268 g/mol. The Morgan fingerprint density at radius 3 is 2.47 bits per heavy atom. The number of nitrogens with zero attached hydrogens (tertiary/aromatic N) is 1. The van der Waals surface area contributed by atoms with E-state index in [1.54, 1.807) is 43.1 Å². The van der Waals surface area contributed by atoms with Crippen LogP contribution in [-0.4, -0.2) is 42.0 Å². The number of benzene rings is 1. The summed E-state index contributed by atoms with van der Waals surface area (Å²) in [4.78, 5) is 24.1. The van der Waals surface area contributed by atoms with Gasteiger partial charge < -0.3 is 10.4 Å². The van der Waals surface area contributed by atoms with Crippen molar-refractivity contribution in [2.75, 3.05) is 25.5 Å². The van der Waals surface area contributed by atoms with Gasteiger partial charge in [-0.3, -0.25) is 14.5 Å². The summed E-state index contributed by atoms with van der Waals surface area (Å²) in [6.07, 6.45) is 0. The number of anilines is 1. The molecule has 0 saturated heterocycles. The molecule has 0 radical (unpaired) electrons. The molecule has 0 aliphatic heterocycles. The average Bonchev–Trinajstić information content (AvgIpc) is 2.31. The smallest absolute Gasteiger partial charge is 0.307 e. The van der Waals surface area contributed by atoms with Gasteiger partial charge in [-0.15, -0.1) is 0 Å². The number of carboxylic acids is 1. The normalized spacial score (nSPS) is 12.2. The maximum absolute atomic E-state index is 11.7. The summed E-state index contributed by atoms with van der Waals surface area (Å²) in [7, 11) is 1.71. The molecule has 1 rings (SSSR count). The Kier molecular flexibility index (Phi) is 5.79. The van der Waals surface area contributed by atoms with Crippen LogP contribution in [0.5, 0.6) is 0 Å². The van der Waals surface area contributed by atoms with Crippen molar-refractivity contribution in [2.45, 2.75) is 6.92 Å². The lowest BCUT2D eigenvalue weighted by atomic mass is 10.2. The van der Waals surface area contributed by atoms with Crippen molar-refractivity contribution in [1.82, 2.24) is 4.90 Å². The van der Waals surface area contributed by atoms with Crippen LogP contribution in [-0.2, 0) is 9.59 Å². The molecule has 0 heterocycles. The number of carboxylic acid groups (broad SMARTS) is 1. The minimum absolute atomic E-state index is 0.139. The SMILES string of the molecule is CC(CN(C)CC(=O)Nc1ccc(Cl)cc1)C(=O)O. The number of nitrogens with one attached hydrogen (secondary N) is 1. The quantitative estimate of drug-likeness (QED) is 0.837. The highest BCUT2D eigenvalue weighted by molar-refractivity contribution is 6.30. The van der Waals surface area contributed by atoms with Gasteiger partial charge in [-0.25, -0.2) is 0 Å². The summed E-state index contributed by atoms with van der Waals surface area (Å²) in [5.74, 6) is -1.57. The van der Waals surface area contributed by atoms with E-state index >= 15 is 0 Å². The van der Waals surface area contributed by atoms with Crippen molar-refractivity contribution < 1.29 is 14.7 Å². The fourth-order valence-corrected chi connectivity index (χ4v) is 1.72. The minimum Gasteiger partial charge on any atom is -0.481 e. The summed E-state index contributed by atoms with van der Waals surface area (Å²) in [5.41, 5.74) is 0.661. The maximum atomic E-state index is 11.7. The molecule has 19 heavy (non-hydrogen) atoms. The van der Waals surface area contributed by atoms with Crippen LogP contribution in [0.25, 0.3) is 0 Å². The summed E-state index contributed by atoms with van der Waals surface area (Å²) in [6.45, 7) is 2.07. The van der Waals surface area contributed by atoms with Crippen LogP contribution in [0.15, 0.2) is 24.3 Å². The number of carbonyl (C=O) groups is 2. The Hall–Kier alpha value is -1.59. The molecule has 1 amide bonds. The molecule has 5 nitrogen and oxygen atoms in total. The van der Waals surface area contributed by atoms with E-state index in [4.69, 9.17) is 16.7 Å². The number of carbonyl (C=O) groups excluding carboxylic acids is 1. The Morgan fingerprint density at radius 2 is 1.95 bits per heavy atom. The van der Waals surface area contributed by atoms with E-state index in [0.29, 0.717) is 17.3 Å². The Balaban J connectivity index is 2.42. The molecule has 2 N–H and O–H groups in total. The lowest BCUT2D eigenvalue weighted by molar-refractivity contribution is -0.141. The van der Waals surface area contributed by atoms with E-state index < -0.39 is 11.9 Å². The van der Waals surface area contributed by atoms with Crippen LogP contribution in [0.1, 0.15) is 6.92 Å². The van der Waals surface area contributed by atoms with Gasteiger partial charge in [0.15, 0.2) is 0 Å². The van der Waals surface area contributed by atoms with Crippen LogP contribution in [0.2, 0.25) is 5.02 Å². The topological polar surface area (TPSA) is 69.6 Å². The number of likely N-dealkylation sites (N-methyl/N-ethyl adjacent to an activating group) is 1. The summed E-state index contributed by atoms with van der Waals surface area (Å²) < 4.78 is 0. The van der Waals surface area contributed by atoms with Gasteiger partial charge in [0, 0.05) is 17.3 Å². The second-order valence-corrected chi connectivity index (χ2v) is 4.93. The Labute approximate surface area is 117 Å². The zero-order valence-corrected chi connectivity index (χ0v) is 11.6. The number of hydrogen-bond acceptors (Lipinski definition) is 3. The van der Waals surface area contributed by atoms with E-state index in [0.717, 1.165) is 0 Å². The molecule has 0 aromatic heterocycles. The molecule has 1 atom stereocenters. The number of rotatable bonds is 6. The molecule has 0 saturated carbocycles. The summed E-state index contributed by atoms with van der Waals surface area (Å²) in [5, 5.41) is 12.1. The monoisotopic (exact) mass is 284 g/mol. The third kappa shape index (κ3) is 5.72. The van der Waals surface area contributed by atoms with E-state index in [9.17, 15) is 9.59 Å². The van der Waals surface area contributed by atoms with Crippen molar-refractivity contribution in [1.29, 1.82) is 0 Å². The second-order valence-electron chi connectivity index (χ2n) is 4.49. The maximum Gasteiger partial charge on any atom is 0.307 e. The van der Waals surface area contributed by atoms with Crippen molar-refractivity contribution in [3.05, 3.63) is 29.3 Å². The molecule has 0 bridgehead atoms. The molecule has 1 aromatic carbocycles. The van der Waals surface area contributed by atoms with Gasteiger partial charge in [0.25, 0.3) is 0 Å². The predicted octanol–water partition coefficient (Wildman–Crippen LogP) is 1.93. The molecular formula is C13H17ClN2O3. The third-order valence-corrected chi connectivity index (χ3v) is 2.80. The minimum atomic E-state index is -0.870. The highest BCUT2D eigenvalue weighted by Crippen LogP contribution is 2.13. The van der Waals surface area contributed by atoms with Gasteiger partial charge in [0.05, 0.1) is 12.5 Å². The van der Waals surface area contributed by atoms with Crippen LogP contribution >= 0.6 is 11.6 Å². The number of aliphatic carboxylic acids is 1. The van der Waals surface area contributed by atoms with Gasteiger partial charge >= 0.3 is 5.97 Å². The second kappa shape index (κ2) is 7.11. The van der Waals surface area contributed by atoms with Crippen LogP contribution in [0, 0.1) is 5.92 Å². The molecule has 1 unspecified atom stereocenters. The lowest BCUT2D eigenvalue weighted by Gasteiger charge is -2.18. The molecule has 1 aromatic rings. The molecule has 6 heteroatoms. The Morgan fingerprint density at radius 1 is 1.37 bits per heavy atom. The first kappa shape index (κ1) is 15.5. The average molecular weight is 285 g/mol. The zero-order chi connectivity index (χ0) is 14.4. The van der Waals surface area contributed by atoms with Crippen molar-refractivity contribution >= 4 is 29.2 Å². The van der Waals surface area contributed by atoms with Gasteiger partial charge in [-0.05, 0) is 31.3 Å². The van der Waals surface area contributed by atoms with E-state index in [2.05, 4.69) is 5.32 Å². The highest BCUT2D eigenvalue weighted by atomic mass is 35.5. The van der Waals surface area contributed by atoms with Crippen molar-refractivity contribution in [2.24, 2.45) is 5.92 Å². The standard InChI is InChI=1S/C13H17ClN2O3/c1-9(13(18)19)7-16(2)8-12(17)15-11-5-3-10(14)4-6-11/h3-6,9H,7-8H2,1-2H3,(H,15,17)(H,18,19). The third-order valence-electron chi connectivity index (χ3n) is 2.55. The fraction of sp³-hybridized carbons (Fsp3) is 0.385. The van der Waals surface area contributed by atoms with E-state index in [1.807, 2.05) is 0 Å². The number of halogens is 1. The molecule has 0 spiro atoms. The van der Waals surface area contributed by atoms with Crippen molar-refractivity contribution in [3.63, 3.8) is 0 Å². The summed E-state index contributed by atoms with van der Waals surface area (Å²) >= 11 is 5.74. The summed E-state index contributed by atoms with van der Waals surface area (Å²) in [6, 6.07) is 6.79. The number of hydrogen-bond donors (Lipinski definition) is 2. The molecule has 104 valence electrons. The first-order valence-electron chi connectivity index (χ1n) is 5.85. The van der Waals surface area contributed by atoms with Gasteiger partial charge in [-0.1, -0.05) is 18.5 Å². The van der Waals surface area contributed by atoms with E-state index in [1.165, 1.54) is 0 Å². The predicted molar refractivity (Wildman–Crippen MR) is 74.4 cm³/mol. The van der Waals surface area contributed by atoms with Crippen molar-refractivity contribution in [3.8, 4) is 0 Å². The molecule has 0 aliphatic rings. The van der Waals surface area contributed by atoms with Crippen LogP contribution < -0.4 is 5.32 Å². The lowest BCUT2D eigenvalue weighted by Crippen LogP contribution is -2.35. The Bertz CT molecular complexity index is 448. The highest BCUT2D eigenvalue weighted by Gasteiger charge is 2.15. The van der Waals surface area contributed by atoms with Crippen LogP contribution in [0.4, 0.5) is 5.69 Å². The molecule has 0 fully saturated rings. The van der Waals surface area contributed by atoms with Gasteiger partial charge in [0.2, 0.25) is 5.91 Å². The van der Waals surface area contributed by atoms with Crippen LogP contribution in [0.3, 0.4) is 0 Å². The first-order valence-corrected chi connectivity index (χ1v) is 6.23. The zero-order valence-electron chi connectivity index (χ0n) is 10.9. The fourth-order valence-electron chi connectivity index (χ4n) is 1.59. The van der Waals surface area contributed by atoms with Gasteiger partial charge in [-0.2, -0.15) is 0 Å². The van der Waals surface area contributed by atoms with E-state index in [-0.39, 0.29) is 12.5 Å². The number of amides is 1. The molecule has 0 aliphatic carbocycles. The largest absolute Gasteiger partial charge is 0.481 e. The van der Waals surface area contributed by atoms with Gasteiger partial charge in [0.1, 0.15) is 0 Å². The first-order chi connectivity index (χ1) is 8.88.